The van der Waals surface area contributed by atoms with E-state index in [1.165, 1.54) is 32.4 Å². The number of benzene rings is 1. The van der Waals surface area contributed by atoms with Gasteiger partial charge < -0.3 is 14.4 Å². The number of esters is 2. The second-order valence-electron chi connectivity index (χ2n) is 3.94. The largest absolute Gasteiger partial charge is 0.468 e. The quantitative estimate of drug-likeness (QED) is 0.768. The maximum Gasteiger partial charge on any atom is 0.325 e. The third kappa shape index (κ3) is 4.91. The smallest absolute Gasteiger partial charge is 0.325 e. The number of carbonyl (C=O) groups is 3. The minimum Gasteiger partial charge on any atom is -0.468 e. The lowest BCUT2D eigenvalue weighted by molar-refractivity contribution is -0.144. The lowest BCUT2D eigenvalue weighted by Crippen LogP contribution is -2.40. The lowest BCUT2D eigenvalue weighted by Gasteiger charge is -2.20. The molecule has 1 aromatic rings. The van der Waals surface area contributed by atoms with Crippen LogP contribution in [0.5, 0.6) is 0 Å². The number of rotatable bonds is 5. The van der Waals surface area contributed by atoms with E-state index in [1.807, 2.05) is 0 Å². The second kappa shape index (κ2) is 7.85. The Labute approximate surface area is 131 Å². The fourth-order valence-electron chi connectivity index (χ4n) is 1.45. The molecule has 0 aliphatic rings. The van der Waals surface area contributed by atoms with E-state index in [9.17, 15) is 14.4 Å². The molecule has 0 atom stereocenters. The maximum absolute atomic E-state index is 12.3. The molecule has 0 aromatic heterocycles. The molecule has 21 heavy (non-hydrogen) atoms. The summed E-state index contributed by atoms with van der Waals surface area (Å²) in [6, 6.07) is 4.25. The highest BCUT2D eigenvalue weighted by Crippen LogP contribution is 2.23. The topological polar surface area (TPSA) is 72.9 Å². The lowest BCUT2D eigenvalue weighted by atomic mass is 10.2. The average Bonchev–Trinajstić information content (AvgIpc) is 2.48. The molecule has 114 valence electrons. The minimum absolute atomic E-state index is 0.192. The SMILES string of the molecule is COC(=O)CN(CC(=O)OC)C(=O)c1ccc(Cl)c(Cl)c1. The molecular formula is C13H13Cl2NO5. The summed E-state index contributed by atoms with van der Waals surface area (Å²) < 4.78 is 8.99. The van der Waals surface area contributed by atoms with E-state index in [4.69, 9.17) is 23.2 Å². The van der Waals surface area contributed by atoms with Crippen molar-refractivity contribution in [2.75, 3.05) is 27.3 Å². The summed E-state index contributed by atoms with van der Waals surface area (Å²) in [6.45, 7) is -0.768. The van der Waals surface area contributed by atoms with E-state index in [0.29, 0.717) is 5.02 Å². The molecule has 0 aliphatic heterocycles. The molecule has 0 heterocycles. The normalized spacial score (nSPS) is 9.90. The highest BCUT2D eigenvalue weighted by Gasteiger charge is 2.22. The highest BCUT2D eigenvalue weighted by atomic mass is 35.5. The van der Waals surface area contributed by atoms with Gasteiger partial charge in [0, 0.05) is 5.56 Å². The van der Waals surface area contributed by atoms with Crippen LogP contribution in [-0.4, -0.2) is 50.1 Å². The highest BCUT2D eigenvalue weighted by molar-refractivity contribution is 6.42. The molecule has 6 nitrogen and oxygen atoms in total. The minimum atomic E-state index is -0.660. The fourth-order valence-corrected chi connectivity index (χ4v) is 1.75. The number of amides is 1. The Kier molecular flexibility index (Phi) is 6.45. The Morgan fingerprint density at radius 1 is 1.00 bits per heavy atom. The van der Waals surface area contributed by atoms with Crippen LogP contribution in [-0.2, 0) is 19.1 Å². The van der Waals surface area contributed by atoms with Crippen LogP contribution in [0.15, 0.2) is 18.2 Å². The third-order valence-corrected chi connectivity index (χ3v) is 3.29. The molecule has 0 radical (unpaired) electrons. The van der Waals surface area contributed by atoms with Crippen molar-refractivity contribution in [2.24, 2.45) is 0 Å². The number of hydrogen-bond donors (Lipinski definition) is 0. The Hall–Kier alpha value is -1.79. The second-order valence-corrected chi connectivity index (χ2v) is 4.76. The van der Waals surface area contributed by atoms with Crippen LogP contribution < -0.4 is 0 Å². The monoisotopic (exact) mass is 333 g/mol. The van der Waals surface area contributed by atoms with Crippen LogP contribution in [0.1, 0.15) is 10.4 Å². The Morgan fingerprint density at radius 2 is 1.52 bits per heavy atom. The molecule has 0 spiro atoms. The van der Waals surface area contributed by atoms with Gasteiger partial charge in [0.1, 0.15) is 13.1 Å². The molecule has 1 rings (SSSR count). The van der Waals surface area contributed by atoms with Crippen LogP contribution in [0, 0.1) is 0 Å². The number of halogens is 2. The van der Waals surface area contributed by atoms with Crippen molar-refractivity contribution in [3.63, 3.8) is 0 Å². The van der Waals surface area contributed by atoms with Gasteiger partial charge in [-0.3, -0.25) is 14.4 Å². The van der Waals surface area contributed by atoms with Gasteiger partial charge in [-0.05, 0) is 18.2 Å². The zero-order valence-corrected chi connectivity index (χ0v) is 12.9. The molecule has 0 unspecified atom stereocenters. The summed E-state index contributed by atoms with van der Waals surface area (Å²) in [7, 11) is 2.37. The van der Waals surface area contributed by atoms with Crippen LogP contribution >= 0.6 is 23.2 Å². The third-order valence-electron chi connectivity index (χ3n) is 2.55. The van der Waals surface area contributed by atoms with Gasteiger partial charge in [-0.2, -0.15) is 0 Å². The standard InChI is InChI=1S/C13H13Cl2NO5/c1-20-11(17)6-16(7-12(18)21-2)13(19)8-3-4-9(14)10(15)5-8/h3-5H,6-7H2,1-2H3. The predicted molar refractivity (Wildman–Crippen MR) is 76.4 cm³/mol. The van der Waals surface area contributed by atoms with Gasteiger partial charge in [0.15, 0.2) is 0 Å². The number of methoxy groups -OCH3 is 2. The number of carbonyl (C=O) groups excluding carboxylic acids is 3. The molecule has 0 saturated heterocycles. The van der Waals surface area contributed by atoms with Gasteiger partial charge in [-0.15, -0.1) is 0 Å². The van der Waals surface area contributed by atoms with Crippen molar-refractivity contribution in [1.29, 1.82) is 0 Å². The van der Waals surface area contributed by atoms with Crippen LogP contribution in [0.4, 0.5) is 0 Å². The van der Waals surface area contributed by atoms with Crippen molar-refractivity contribution in [3.8, 4) is 0 Å². The molecule has 8 heteroatoms. The molecule has 0 fully saturated rings. The summed E-state index contributed by atoms with van der Waals surface area (Å²) >= 11 is 11.6. The van der Waals surface area contributed by atoms with Gasteiger partial charge in [0.25, 0.3) is 5.91 Å². The van der Waals surface area contributed by atoms with E-state index >= 15 is 0 Å². The zero-order valence-electron chi connectivity index (χ0n) is 11.4. The van der Waals surface area contributed by atoms with E-state index in [2.05, 4.69) is 9.47 Å². The summed E-state index contributed by atoms with van der Waals surface area (Å²) in [6.07, 6.45) is 0. The van der Waals surface area contributed by atoms with Gasteiger partial charge in [0.2, 0.25) is 0 Å². The molecule has 1 aromatic carbocycles. The Balaban J connectivity index is 2.99. The van der Waals surface area contributed by atoms with Crippen LogP contribution in [0.25, 0.3) is 0 Å². The van der Waals surface area contributed by atoms with Gasteiger partial charge in [-0.1, -0.05) is 23.2 Å². The molecule has 0 N–H and O–H groups in total. The Bertz CT molecular complexity index is 543. The van der Waals surface area contributed by atoms with Crippen molar-refractivity contribution < 1.29 is 23.9 Å². The molecule has 0 saturated carbocycles. The summed E-state index contributed by atoms with van der Waals surface area (Å²) in [4.78, 5) is 36.0. The first kappa shape index (κ1) is 17.3. The zero-order chi connectivity index (χ0) is 16.0. The molecule has 0 bridgehead atoms. The summed E-state index contributed by atoms with van der Waals surface area (Å²) in [5, 5.41) is 0.485. The first-order chi connectivity index (χ1) is 9.88. The van der Waals surface area contributed by atoms with Crippen molar-refractivity contribution in [2.45, 2.75) is 0 Å². The average molecular weight is 334 g/mol. The van der Waals surface area contributed by atoms with Gasteiger partial charge in [-0.25, -0.2) is 0 Å². The van der Waals surface area contributed by atoms with Crippen molar-refractivity contribution >= 4 is 41.0 Å². The van der Waals surface area contributed by atoms with E-state index in [1.54, 1.807) is 0 Å². The van der Waals surface area contributed by atoms with E-state index < -0.39 is 17.8 Å². The number of hydrogen-bond acceptors (Lipinski definition) is 5. The number of nitrogens with zero attached hydrogens (tertiary/aromatic N) is 1. The molecular weight excluding hydrogens is 321 g/mol. The predicted octanol–water partition coefficient (Wildman–Crippen LogP) is 1.78. The van der Waals surface area contributed by atoms with Gasteiger partial charge in [0.05, 0.1) is 24.3 Å². The maximum atomic E-state index is 12.3. The van der Waals surface area contributed by atoms with Crippen LogP contribution in [0.2, 0.25) is 10.0 Å². The van der Waals surface area contributed by atoms with E-state index in [0.717, 1.165) is 4.90 Å². The first-order valence-electron chi connectivity index (χ1n) is 5.77. The Morgan fingerprint density at radius 3 is 1.95 bits per heavy atom. The van der Waals surface area contributed by atoms with E-state index in [-0.39, 0.29) is 23.7 Å². The molecule has 0 aliphatic carbocycles. The number of ether oxygens (including phenoxy) is 2. The summed E-state index contributed by atoms with van der Waals surface area (Å²) in [5.74, 6) is -1.89. The van der Waals surface area contributed by atoms with Crippen molar-refractivity contribution in [3.05, 3.63) is 33.8 Å². The first-order valence-corrected chi connectivity index (χ1v) is 6.52. The molecule has 1 amide bonds. The van der Waals surface area contributed by atoms with Crippen molar-refractivity contribution in [1.82, 2.24) is 4.90 Å². The van der Waals surface area contributed by atoms with Crippen LogP contribution in [0.3, 0.4) is 0 Å². The summed E-state index contributed by atoms with van der Waals surface area (Å²) in [5.41, 5.74) is 0.192. The van der Waals surface area contributed by atoms with Gasteiger partial charge >= 0.3 is 11.9 Å². The fraction of sp³-hybridized carbons (Fsp3) is 0.308.